The average molecular weight is 567 g/mol. The van der Waals surface area contributed by atoms with E-state index >= 15 is 0 Å². The van der Waals surface area contributed by atoms with E-state index in [1.54, 1.807) is 12.1 Å². The van der Waals surface area contributed by atoms with E-state index in [9.17, 15) is 14.9 Å². The second kappa shape index (κ2) is 17.0. The molecule has 226 valence electrons. The maximum absolute atomic E-state index is 12.9. The summed E-state index contributed by atoms with van der Waals surface area (Å²) < 4.78 is 11.4. The van der Waals surface area contributed by atoms with Gasteiger partial charge in [-0.2, -0.15) is 0 Å². The first-order valence-electron chi connectivity index (χ1n) is 15.9. The molecule has 0 saturated heterocycles. The SMILES string of the molecule is CCCCCCC(C)Oc1cc(N)c(C(=O)Oc2ccc(CCC3CCC(CCCCC)CC3)cc2)cc1[N+](=O)[O-]. The Hall–Kier alpha value is -3.09. The van der Waals surface area contributed by atoms with Crippen molar-refractivity contribution in [2.45, 2.75) is 123 Å². The third-order valence-corrected chi connectivity index (χ3v) is 8.50. The van der Waals surface area contributed by atoms with Crippen LogP contribution in [0.3, 0.4) is 0 Å². The third kappa shape index (κ3) is 10.7. The number of nitrogen functional groups attached to an aromatic ring is 1. The zero-order chi connectivity index (χ0) is 29.6. The van der Waals surface area contributed by atoms with Crippen molar-refractivity contribution in [1.29, 1.82) is 0 Å². The number of nitro groups is 1. The maximum atomic E-state index is 12.9. The lowest BCUT2D eigenvalue weighted by atomic mass is 9.78. The fourth-order valence-electron chi connectivity index (χ4n) is 5.88. The smallest absolute Gasteiger partial charge is 0.345 e. The number of ether oxygens (including phenoxy) is 2. The molecule has 1 aliphatic carbocycles. The van der Waals surface area contributed by atoms with Crippen molar-refractivity contribution in [3.63, 3.8) is 0 Å². The lowest BCUT2D eigenvalue weighted by Gasteiger charge is -2.28. The van der Waals surface area contributed by atoms with Crippen molar-refractivity contribution in [3.8, 4) is 11.5 Å². The molecule has 0 aromatic heterocycles. The number of anilines is 1. The van der Waals surface area contributed by atoms with E-state index in [1.165, 1.54) is 69.4 Å². The van der Waals surface area contributed by atoms with Gasteiger partial charge in [0.05, 0.1) is 22.3 Å². The first kappa shape index (κ1) is 32.4. The molecule has 0 aliphatic heterocycles. The number of carbonyl (C=O) groups is 1. The summed E-state index contributed by atoms with van der Waals surface area (Å²) in [5, 5.41) is 11.8. The Labute approximate surface area is 246 Å². The standard InChI is InChI=1S/C34H50N2O5/c1-4-6-8-10-11-25(3)40-33-24-31(35)30(23-32(33)36(38)39)34(37)41-29-21-19-28(20-22-29)18-17-27-15-13-26(14-16-27)12-9-7-5-2/h19-27H,4-18,35H2,1-3H3. The molecule has 2 N–H and O–H groups in total. The summed E-state index contributed by atoms with van der Waals surface area (Å²) in [7, 11) is 0. The molecule has 1 fully saturated rings. The molecule has 0 radical (unpaired) electrons. The van der Waals surface area contributed by atoms with Crippen LogP contribution in [-0.2, 0) is 6.42 Å². The molecular weight excluding hydrogens is 516 g/mol. The molecule has 1 unspecified atom stereocenters. The topological polar surface area (TPSA) is 105 Å². The van der Waals surface area contributed by atoms with Gasteiger partial charge in [-0.1, -0.05) is 96.6 Å². The fraction of sp³-hybridized carbons (Fsp3) is 0.618. The first-order chi connectivity index (χ1) is 19.8. The monoisotopic (exact) mass is 566 g/mol. The van der Waals surface area contributed by atoms with Crippen molar-refractivity contribution in [3.05, 3.63) is 57.6 Å². The quantitative estimate of drug-likeness (QED) is 0.0510. The molecule has 1 atom stereocenters. The van der Waals surface area contributed by atoms with E-state index < -0.39 is 10.9 Å². The van der Waals surface area contributed by atoms with E-state index in [1.807, 2.05) is 19.1 Å². The summed E-state index contributed by atoms with van der Waals surface area (Å²) >= 11 is 0. The van der Waals surface area contributed by atoms with Gasteiger partial charge in [-0.15, -0.1) is 0 Å². The average Bonchev–Trinajstić information content (AvgIpc) is 2.95. The van der Waals surface area contributed by atoms with Gasteiger partial charge in [-0.3, -0.25) is 10.1 Å². The van der Waals surface area contributed by atoms with Crippen molar-refractivity contribution in [1.82, 2.24) is 0 Å². The highest BCUT2D eigenvalue weighted by Gasteiger charge is 2.25. The van der Waals surface area contributed by atoms with Crippen LogP contribution in [0.2, 0.25) is 0 Å². The molecule has 7 heteroatoms. The second-order valence-corrected chi connectivity index (χ2v) is 11.9. The minimum absolute atomic E-state index is 0.0472. The van der Waals surface area contributed by atoms with Gasteiger partial charge in [-0.05, 0) is 62.1 Å². The van der Waals surface area contributed by atoms with Crippen LogP contribution in [0.4, 0.5) is 11.4 Å². The number of hydrogen-bond acceptors (Lipinski definition) is 6. The predicted molar refractivity (Wildman–Crippen MR) is 166 cm³/mol. The van der Waals surface area contributed by atoms with Crippen LogP contribution in [0.5, 0.6) is 11.5 Å². The van der Waals surface area contributed by atoms with E-state index in [4.69, 9.17) is 15.2 Å². The Morgan fingerprint density at radius 2 is 1.59 bits per heavy atom. The van der Waals surface area contributed by atoms with Gasteiger partial charge >= 0.3 is 11.7 Å². The molecule has 1 aliphatic rings. The number of rotatable bonds is 17. The number of hydrogen-bond donors (Lipinski definition) is 1. The molecule has 0 amide bonds. The highest BCUT2D eigenvalue weighted by molar-refractivity contribution is 5.97. The number of nitro benzene ring substituents is 1. The van der Waals surface area contributed by atoms with Gasteiger partial charge in [-0.25, -0.2) is 4.79 Å². The van der Waals surface area contributed by atoms with Crippen molar-refractivity contribution in [2.75, 3.05) is 5.73 Å². The zero-order valence-corrected chi connectivity index (χ0v) is 25.4. The Morgan fingerprint density at radius 1 is 0.951 bits per heavy atom. The molecule has 1 saturated carbocycles. The summed E-state index contributed by atoms with van der Waals surface area (Å²) in [6.07, 6.45) is 18.0. The summed E-state index contributed by atoms with van der Waals surface area (Å²) in [4.78, 5) is 24.1. The number of esters is 1. The number of nitrogens with two attached hydrogens (primary N) is 1. The molecular formula is C34H50N2O5. The van der Waals surface area contributed by atoms with E-state index in [0.29, 0.717) is 5.75 Å². The summed E-state index contributed by atoms with van der Waals surface area (Å²) in [6.45, 7) is 6.30. The highest BCUT2D eigenvalue weighted by atomic mass is 16.6. The number of aryl methyl sites for hydroxylation is 1. The summed E-state index contributed by atoms with van der Waals surface area (Å²) in [5.74, 6) is 1.45. The normalized spacial score (nSPS) is 17.6. The van der Waals surface area contributed by atoms with Crippen LogP contribution in [0.1, 0.15) is 127 Å². The van der Waals surface area contributed by atoms with Crippen LogP contribution < -0.4 is 15.2 Å². The first-order valence-corrected chi connectivity index (χ1v) is 15.9. The number of benzene rings is 2. The second-order valence-electron chi connectivity index (χ2n) is 11.9. The van der Waals surface area contributed by atoms with Crippen LogP contribution >= 0.6 is 0 Å². The highest BCUT2D eigenvalue weighted by Crippen LogP contribution is 2.35. The maximum Gasteiger partial charge on any atom is 0.345 e. The number of unbranched alkanes of at least 4 members (excludes halogenated alkanes) is 5. The molecule has 41 heavy (non-hydrogen) atoms. The molecule has 0 heterocycles. The Bertz CT molecular complexity index is 1090. The minimum Gasteiger partial charge on any atom is -0.484 e. The van der Waals surface area contributed by atoms with Gasteiger partial charge in [0.2, 0.25) is 0 Å². The van der Waals surface area contributed by atoms with Crippen LogP contribution in [-0.4, -0.2) is 17.0 Å². The minimum atomic E-state index is -0.729. The van der Waals surface area contributed by atoms with Gasteiger partial charge in [0.25, 0.3) is 0 Å². The van der Waals surface area contributed by atoms with Gasteiger partial charge < -0.3 is 15.2 Å². The Balaban J connectivity index is 1.52. The van der Waals surface area contributed by atoms with Crippen molar-refractivity contribution < 1.29 is 19.2 Å². The predicted octanol–water partition coefficient (Wildman–Crippen LogP) is 9.45. The molecule has 0 bridgehead atoms. The van der Waals surface area contributed by atoms with E-state index in [0.717, 1.165) is 56.4 Å². The van der Waals surface area contributed by atoms with Crippen LogP contribution in [0.25, 0.3) is 0 Å². The zero-order valence-electron chi connectivity index (χ0n) is 25.4. The number of carbonyl (C=O) groups excluding carboxylic acids is 1. The van der Waals surface area contributed by atoms with Crippen LogP contribution in [0, 0.1) is 22.0 Å². The van der Waals surface area contributed by atoms with Gasteiger partial charge in [0.15, 0.2) is 5.75 Å². The molecule has 2 aromatic carbocycles. The molecule has 3 rings (SSSR count). The molecule has 0 spiro atoms. The molecule has 2 aromatic rings. The summed E-state index contributed by atoms with van der Waals surface area (Å²) in [6, 6.07) is 10.1. The Kier molecular flexibility index (Phi) is 13.4. The fourth-order valence-corrected chi connectivity index (χ4v) is 5.88. The number of nitrogens with zero attached hydrogens (tertiary/aromatic N) is 1. The van der Waals surface area contributed by atoms with Crippen LogP contribution in [0.15, 0.2) is 36.4 Å². The van der Waals surface area contributed by atoms with E-state index in [-0.39, 0.29) is 28.8 Å². The van der Waals surface area contributed by atoms with E-state index in [2.05, 4.69) is 13.8 Å². The summed E-state index contributed by atoms with van der Waals surface area (Å²) in [5.41, 5.74) is 7.09. The van der Waals surface area contributed by atoms with Gasteiger partial charge in [0.1, 0.15) is 5.75 Å². The van der Waals surface area contributed by atoms with Gasteiger partial charge in [0, 0.05) is 12.1 Å². The lowest BCUT2D eigenvalue weighted by molar-refractivity contribution is -0.386. The lowest BCUT2D eigenvalue weighted by Crippen LogP contribution is -2.15. The van der Waals surface area contributed by atoms with Crippen molar-refractivity contribution in [2.24, 2.45) is 11.8 Å². The Morgan fingerprint density at radius 3 is 2.22 bits per heavy atom. The third-order valence-electron chi connectivity index (χ3n) is 8.50. The van der Waals surface area contributed by atoms with Crippen molar-refractivity contribution >= 4 is 17.3 Å². The largest absolute Gasteiger partial charge is 0.484 e. The molecule has 7 nitrogen and oxygen atoms in total.